The summed E-state index contributed by atoms with van der Waals surface area (Å²) in [7, 11) is 0. The third-order valence-electron chi connectivity index (χ3n) is 2.02. The van der Waals surface area contributed by atoms with E-state index in [0.717, 1.165) is 0 Å². The molecule has 0 radical (unpaired) electrons. The molecule has 0 heterocycles. The van der Waals surface area contributed by atoms with E-state index in [1.165, 1.54) is 18.2 Å². The molecule has 0 spiro atoms. The van der Waals surface area contributed by atoms with Crippen LogP contribution in [0.3, 0.4) is 0 Å². The first-order valence-corrected chi connectivity index (χ1v) is 4.80. The number of amides is 1. The highest BCUT2D eigenvalue weighted by Gasteiger charge is 2.09. The number of carbonyl (C=O) groups is 1. The van der Waals surface area contributed by atoms with Crippen molar-refractivity contribution in [1.82, 2.24) is 5.32 Å². The summed E-state index contributed by atoms with van der Waals surface area (Å²) in [4.78, 5) is 11.6. The topological polar surface area (TPSA) is 55.1 Å². The van der Waals surface area contributed by atoms with Crippen molar-refractivity contribution in [2.75, 3.05) is 6.54 Å². The highest BCUT2D eigenvalue weighted by atomic mass is 19.1. The van der Waals surface area contributed by atoms with E-state index in [2.05, 4.69) is 5.32 Å². The molecule has 0 aliphatic heterocycles. The van der Waals surface area contributed by atoms with Gasteiger partial charge in [0.2, 0.25) is 0 Å². The lowest BCUT2D eigenvalue weighted by molar-refractivity contribution is 0.0951. The molecular weight excluding hydrogens is 195 g/mol. The molecular formula is C11H15FN2O. The minimum Gasteiger partial charge on any atom is -0.350 e. The van der Waals surface area contributed by atoms with Gasteiger partial charge in [-0.2, -0.15) is 0 Å². The fraction of sp³-hybridized carbons (Fsp3) is 0.364. The van der Waals surface area contributed by atoms with Crippen molar-refractivity contribution in [3.05, 3.63) is 35.1 Å². The predicted molar refractivity (Wildman–Crippen MR) is 57.1 cm³/mol. The SMILES string of the molecule is Cc1cc(F)ccc1C(=O)NCC(C)N. The van der Waals surface area contributed by atoms with Crippen molar-refractivity contribution >= 4 is 5.91 Å². The van der Waals surface area contributed by atoms with Gasteiger partial charge in [0.25, 0.3) is 5.91 Å². The summed E-state index contributed by atoms with van der Waals surface area (Å²) in [6, 6.07) is 3.99. The van der Waals surface area contributed by atoms with Crippen LogP contribution in [0.1, 0.15) is 22.8 Å². The monoisotopic (exact) mass is 210 g/mol. The lowest BCUT2D eigenvalue weighted by atomic mass is 10.1. The lowest BCUT2D eigenvalue weighted by Crippen LogP contribution is -2.35. The maximum Gasteiger partial charge on any atom is 0.251 e. The minimum absolute atomic E-state index is 0.0882. The quantitative estimate of drug-likeness (QED) is 0.788. The third kappa shape index (κ3) is 3.32. The van der Waals surface area contributed by atoms with E-state index >= 15 is 0 Å². The zero-order valence-electron chi connectivity index (χ0n) is 8.88. The Bertz CT molecular complexity index is 364. The summed E-state index contributed by atoms with van der Waals surface area (Å²) in [6.45, 7) is 3.91. The molecule has 15 heavy (non-hydrogen) atoms. The Kier molecular flexibility index (Phi) is 3.80. The average molecular weight is 210 g/mol. The molecule has 0 saturated heterocycles. The van der Waals surface area contributed by atoms with Gasteiger partial charge in [-0.05, 0) is 37.6 Å². The Labute approximate surface area is 88.5 Å². The Balaban J connectivity index is 2.74. The average Bonchev–Trinajstić information content (AvgIpc) is 2.14. The molecule has 0 saturated carbocycles. The summed E-state index contributed by atoms with van der Waals surface area (Å²) < 4.78 is 12.8. The maximum atomic E-state index is 12.8. The van der Waals surface area contributed by atoms with Crippen LogP contribution < -0.4 is 11.1 Å². The van der Waals surface area contributed by atoms with Gasteiger partial charge in [-0.1, -0.05) is 0 Å². The van der Waals surface area contributed by atoms with Crippen LogP contribution in [0, 0.1) is 12.7 Å². The van der Waals surface area contributed by atoms with Gasteiger partial charge in [0.05, 0.1) is 0 Å². The van der Waals surface area contributed by atoms with Gasteiger partial charge in [-0.25, -0.2) is 4.39 Å². The summed E-state index contributed by atoms with van der Waals surface area (Å²) in [5.74, 6) is -0.555. The Hall–Kier alpha value is -1.42. The second-order valence-corrected chi connectivity index (χ2v) is 3.65. The van der Waals surface area contributed by atoms with Crippen LogP contribution in [0.4, 0.5) is 4.39 Å². The van der Waals surface area contributed by atoms with Gasteiger partial charge in [-0.15, -0.1) is 0 Å². The lowest BCUT2D eigenvalue weighted by Gasteiger charge is -2.09. The summed E-state index contributed by atoms with van der Waals surface area (Å²) in [6.07, 6.45) is 0. The van der Waals surface area contributed by atoms with E-state index < -0.39 is 0 Å². The van der Waals surface area contributed by atoms with Gasteiger partial charge >= 0.3 is 0 Å². The molecule has 1 aromatic rings. The standard InChI is InChI=1S/C11H15FN2O/c1-7-5-9(12)3-4-10(7)11(15)14-6-8(2)13/h3-5,8H,6,13H2,1-2H3,(H,14,15). The molecule has 1 rings (SSSR count). The first-order valence-electron chi connectivity index (χ1n) is 4.80. The highest BCUT2D eigenvalue weighted by Crippen LogP contribution is 2.09. The third-order valence-corrected chi connectivity index (χ3v) is 2.02. The van der Waals surface area contributed by atoms with Crippen LogP contribution in [-0.2, 0) is 0 Å². The Morgan fingerprint density at radius 3 is 2.80 bits per heavy atom. The van der Waals surface area contributed by atoms with E-state index in [1.807, 2.05) is 0 Å². The first kappa shape index (κ1) is 11.7. The molecule has 0 bridgehead atoms. The van der Waals surface area contributed by atoms with Crippen LogP contribution in [0.15, 0.2) is 18.2 Å². The van der Waals surface area contributed by atoms with Gasteiger partial charge < -0.3 is 11.1 Å². The molecule has 3 nitrogen and oxygen atoms in total. The number of nitrogens with one attached hydrogen (secondary N) is 1. The normalized spacial score (nSPS) is 12.3. The van der Waals surface area contributed by atoms with E-state index in [0.29, 0.717) is 17.7 Å². The molecule has 1 unspecified atom stereocenters. The minimum atomic E-state index is -0.337. The second-order valence-electron chi connectivity index (χ2n) is 3.65. The van der Waals surface area contributed by atoms with Crippen molar-refractivity contribution < 1.29 is 9.18 Å². The number of nitrogens with two attached hydrogens (primary N) is 1. The van der Waals surface area contributed by atoms with Gasteiger partial charge in [0, 0.05) is 18.2 Å². The molecule has 0 fully saturated rings. The summed E-state index contributed by atoms with van der Waals surface area (Å²) in [5.41, 5.74) is 6.61. The summed E-state index contributed by atoms with van der Waals surface area (Å²) >= 11 is 0. The van der Waals surface area contributed by atoms with Gasteiger partial charge in [-0.3, -0.25) is 4.79 Å². The molecule has 82 valence electrons. The molecule has 0 aliphatic rings. The van der Waals surface area contributed by atoms with E-state index in [-0.39, 0.29) is 17.8 Å². The largest absolute Gasteiger partial charge is 0.350 e. The number of rotatable bonds is 3. The second kappa shape index (κ2) is 4.89. The smallest absolute Gasteiger partial charge is 0.251 e. The molecule has 1 aromatic carbocycles. The van der Waals surface area contributed by atoms with Crippen LogP contribution in [0.2, 0.25) is 0 Å². The molecule has 3 N–H and O–H groups in total. The number of carbonyl (C=O) groups excluding carboxylic acids is 1. The number of halogens is 1. The molecule has 0 aliphatic carbocycles. The number of aryl methyl sites for hydroxylation is 1. The van der Waals surface area contributed by atoms with Crippen molar-refractivity contribution in [2.24, 2.45) is 5.73 Å². The van der Waals surface area contributed by atoms with Crippen LogP contribution in [0.25, 0.3) is 0 Å². The zero-order valence-corrected chi connectivity index (χ0v) is 8.88. The van der Waals surface area contributed by atoms with Crippen LogP contribution in [-0.4, -0.2) is 18.5 Å². The molecule has 4 heteroatoms. The Morgan fingerprint density at radius 2 is 2.27 bits per heavy atom. The Morgan fingerprint density at radius 1 is 1.60 bits per heavy atom. The fourth-order valence-corrected chi connectivity index (χ4v) is 1.23. The summed E-state index contributed by atoms with van der Waals surface area (Å²) in [5, 5.41) is 2.67. The first-order chi connectivity index (χ1) is 7.00. The van der Waals surface area contributed by atoms with E-state index in [4.69, 9.17) is 5.73 Å². The van der Waals surface area contributed by atoms with E-state index in [9.17, 15) is 9.18 Å². The zero-order chi connectivity index (χ0) is 11.4. The van der Waals surface area contributed by atoms with Gasteiger partial charge in [0.1, 0.15) is 5.82 Å². The van der Waals surface area contributed by atoms with E-state index in [1.54, 1.807) is 13.8 Å². The van der Waals surface area contributed by atoms with Crippen LogP contribution >= 0.6 is 0 Å². The molecule has 1 atom stereocenters. The predicted octanol–water partition coefficient (Wildman–Crippen LogP) is 1.21. The molecule has 1 amide bonds. The highest BCUT2D eigenvalue weighted by molar-refractivity contribution is 5.95. The maximum absolute atomic E-state index is 12.8. The fourth-order valence-electron chi connectivity index (χ4n) is 1.23. The number of benzene rings is 1. The van der Waals surface area contributed by atoms with Crippen molar-refractivity contribution in [1.29, 1.82) is 0 Å². The van der Waals surface area contributed by atoms with Crippen molar-refractivity contribution in [3.63, 3.8) is 0 Å². The van der Waals surface area contributed by atoms with Gasteiger partial charge in [0.15, 0.2) is 0 Å². The number of hydrogen-bond donors (Lipinski definition) is 2. The molecule has 0 aromatic heterocycles. The van der Waals surface area contributed by atoms with Crippen molar-refractivity contribution in [3.8, 4) is 0 Å². The number of hydrogen-bond acceptors (Lipinski definition) is 2. The van der Waals surface area contributed by atoms with Crippen LogP contribution in [0.5, 0.6) is 0 Å². The van der Waals surface area contributed by atoms with Crippen molar-refractivity contribution in [2.45, 2.75) is 19.9 Å².